The van der Waals surface area contributed by atoms with E-state index in [9.17, 15) is 0 Å². The van der Waals surface area contributed by atoms with E-state index >= 15 is 0 Å². The van der Waals surface area contributed by atoms with Crippen LogP contribution in [0.2, 0.25) is 10.0 Å². The highest BCUT2D eigenvalue weighted by Crippen LogP contribution is 2.23. The van der Waals surface area contributed by atoms with Crippen molar-refractivity contribution >= 4 is 35.4 Å². The van der Waals surface area contributed by atoms with Gasteiger partial charge in [0, 0.05) is 5.69 Å². The molecule has 0 atom stereocenters. The van der Waals surface area contributed by atoms with Gasteiger partial charge in [-0.1, -0.05) is 23.2 Å². The van der Waals surface area contributed by atoms with Gasteiger partial charge in [-0.15, -0.1) is 0 Å². The maximum atomic E-state index is 8.36. The molecule has 5 heteroatoms. The van der Waals surface area contributed by atoms with E-state index < -0.39 is 0 Å². The Kier molecular flexibility index (Phi) is 5.25. The van der Waals surface area contributed by atoms with Crippen molar-refractivity contribution in [2.24, 2.45) is 0 Å². The van der Waals surface area contributed by atoms with Crippen molar-refractivity contribution in [1.29, 1.82) is 0 Å². The van der Waals surface area contributed by atoms with E-state index in [2.05, 4.69) is 0 Å². The minimum absolute atomic E-state index is 0.250. The molecule has 3 N–H and O–H groups in total. The second-order valence-electron chi connectivity index (χ2n) is 1.78. The predicted octanol–water partition coefficient (Wildman–Crippen LogP) is 2.28. The van der Waals surface area contributed by atoms with Gasteiger partial charge in [-0.25, -0.2) is 0 Å². The lowest BCUT2D eigenvalue weighted by Crippen LogP contribution is -1.82. The van der Waals surface area contributed by atoms with Crippen LogP contribution in [0.1, 0.15) is 0 Å². The molecular weight excluding hydrogens is 201 g/mol. The third kappa shape index (κ3) is 4.05. The molecule has 0 heterocycles. The van der Waals surface area contributed by atoms with Crippen LogP contribution >= 0.6 is 23.2 Å². The Morgan fingerprint density at radius 3 is 2.17 bits per heavy atom. The summed E-state index contributed by atoms with van der Waals surface area (Å²) in [7, 11) is 0. The fourth-order valence-electron chi connectivity index (χ4n) is 0.512. The van der Waals surface area contributed by atoms with Gasteiger partial charge >= 0.3 is 0 Å². The van der Waals surface area contributed by atoms with Crippen molar-refractivity contribution in [2.45, 2.75) is 0 Å². The lowest BCUT2D eigenvalue weighted by Gasteiger charge is -1.94. The molecule has 1 aromatic carbocycles. The normalized spacial score (nSPS) is 8.17. The fraction of sp³-hybridized carbons (Fsp3) is 0. The first-order valence-corrected chi connectivity index (χ1v) is 3.65. The zero-order chi connectivity index (χ0) is 9.56. The Balaban J connectivity index is 0.000000354. The van der Waals surface area contributed by atoms with Crippen LogP contribution in [0.15, 0.2) is 18.2 Å². The number of nitrogens with two attached hydrogens (primary N) is 1. The van der Waals surface area contributed by atoms with Gasteiger partial charge in [-0.3, -0.25) is 4.79 Å². The summed E-state index contributed by atoms with van der Waals surface area (Å²) in [5, 5.41) is 7.92. The predicted molar refractivity (Wildman–Crippen MR) is 49.6 cm³/mol. The highest BCUT2D eigenvalue weighted by atomic mass is 35.5. The van der Waals surface area contributed by atoms with Crippen LogP contribution in [0.3, 0.4) is 0 Å². The SMILES string of the molecule is Nc1ccc(Cl)c(Cl)c1.O=CO. The van der Waals surface area contributed by atoms with Gasteiger partial charge in [0.1, 0.15) is 0 Å². The average molecular weight is 208 g/mol. The van der Waals surface area contributed by atoms with E-state index in [1.54, 1.807) is 18.2 Å². The highest BCUT2D eigenvalue weighted by molar-refractivity contribution is 6.42. The molecule has 0 unspecified atom stereocenters. The molecule has 0 saturated carbocycles. The molecular formula is C7H7Cl2NO2. The Bertz CT molecular complexity index is 266. The summed E-state index contributed by atoms with van der Waals surface area (Å²) in [6.07, 6.45) is 0. The van der Waals surface area contributed by atoms with Gasteiger partial charge in [-0.2, -0.15) is 0 Å². The third-order valence-electron chi connectivity index (χ3n) is 0.944. The second kappa shape index (κ2) is 5.69. The lowest BCUT2D eigenvalue weighted by molar-refractivity contribution is -0.122. The van der Waals surface area contributed by atoms with Crippen LogP contribution in [0.5, 0.6) is 0 Å². The number of rotatable bonds is 0. The van der Waals surface area contributed by atoms with E-state index in [0.717, 1.165) is 0 Å². The number of hydrogen-bond donors (Lipinski definition) is 2. The first kappa shape index (κ1) is 11.1. The molecule has 0 aliphatic carbocycles. The number of carboxylic acid groups (broad SMARTS) is 1. The molecule has 0 fully saturated rings. The third-order valence-corrected chi connectivity index (χ3v) is 1.68. The topological polar surface area (TPSA) is 63.3 Å². The van der Waals surface area contributed by atoms with E-state index in [1.165, 1.54) is 0 Å². The van der Waals surface area contributed by atoms with Gasteiger partial charge in [0.05, 0.1) is 10.0 Å². The summed E-state index contributed by atoms with van der Waals surface area (Å²) in [5.41, 5.74) is 6.01. The molecule has 0 radical (unpaired) electrons. The van der Waals surface area contributed by atoms with Crippen LogP contribution < -0.4 is 5.73 Å². The Labute approximate surface area is 79.7 Å². The molecule has 1 rings (SSSR count). The molecule has 1 aromatic rings. The van der Waals surface area contributed by atoms with Gasteiger partial charge < -0.3 is 10.8 Å². The molecule has 0 spiro atoms. The van der Waals surface area contributed by atoms with Crippen molar-refractivity contribution in [1.82, 2.24) is 0 Å². The maximum Gasteiger partial charge on any atom is 0.290 e. The fourth-order valence-corrected chi connectivity index (χ4v) is 0.819. The summed E-state index contributed by atoms with van der Waals surface area (Å²) in [6, 6.07) is 4.98. The molecule has 0 aliphatic rings. The summed E-state index contributed by atoms with van der Waals surface area (Å²) < 4.78 is 0. The smallest absolute Gasteiger partial charge is 0.290 e. The summed E-state index contributed by atoms with van der Waals surface area (Å²) >= 11 is 11.2. The maximum absolute atomic E-state index is 8.36. The first-order chi connectivity index (χ1) is 5.61. The summed E-state index contributed by atoms with van der Waals surface area (Å²) in [4.78, 5) is 8.36. The quantitative estimate of drug-likeness (QED) is 0.507. The second-order valence-corrected chi connectivity index (χ2v) is 2.59. The molecule has 0 aromatic heterocycles. The number of carbonyl (C=O) groups is 1. The largest absolute Gasteiger partial charge is 0.483 e. The molecule has 0 amide bonds. The monoisotopic (exact) mass is 207 g/mol. The van der Waals surface area contributed by atoms with E-state index in [-0.39, 0.29) is 6.47 Å². The van der Waals surface area contributed by atoms with Crippen LogP contribution in [0, 0.1) is 0 Å². The molecule has 0 aliphatic heterocycles. The van der Waals surface area contributed by atoms with E-state index in [4.69, 9.17) is 38.8 Å². The highest BCUT2D eigenvalue weighted by Gasteiger charge is 1.94. The van der Waals surface area contributed by atoms with Crippen molar-refractivity contribution in [3.8, 4) is 0 Å². The molecule has 66 valence electrons. The summed E-state index contributed by atoms with van der Waals surface area (Å²) in [5.74, 6) is 0. The van der Waals surface area contributed by atoms with Crippen molar-refractivity contribution in [3.05, 3.63) is 28.2 Å². The Hall–Kier alpha value is -0.930. The van der Waals surface area contributed by atoms with Crippen LogP contribution in [-0.2, 0) is 4.79 Å². The molecule has 0 saturated heterocycles. The number of anilines is 1. The van der Waals surface area contributed by atoms with E-state index in [0.29, 0.717) is 15.7 Å². The first-order valence-electron chi connectivity index (χ1n) is 2.90. The van der Waals surface area contributed by atoms with Crippen molar-refractivity contribution < 1.29 is 9.90 Å². The van der Waals surface area contributed by atoms with Crippen LogP contribution in [0.25, 0.3) is 0 Å². The Morgan fingerprint density at radius 1 is 1.33 bits per heavy atom. The van der Waals surface area contributed by atoms with Gasteiger partial charge in [0.15, 0.2) is 0 Å². The van der Waals surface area contributed by atoms with E-state index in [1.807, 2.05) is 0 Å². The Morgan fingerprint density at radius 2 is 1.83 bits per heavy atom. The molecule has 3 nitrogen and oxygen atoms in total. The molecule has 0 bridgehead atoms. The van der Waals surface area contributed by atoms with Gasteiger partial charge in [0.25, 0.3) is 6.47 Å². The van der Waals surface area contributed by atoms with Gasteiger partial charge in [0.2, 0.25) is 0 Å². The van der Waals surface area contributed by atoms with Crippen molar-refractivity contribution in [3.63, 3.8) is 0 Å². The number of halogens is 2. The van der Waals surface area contributed by atoms with Crippen LogP contribution in [0.4, 0.5) is 5.69 Å². The minimum Gasteiger partial charge on any atom is -0.483 e. The van der Waals surface area contributed by atoms with Crippen molar-refractivity contribution in [2.75, 3.05) is 5.73 Å². The zero-order valence-electron chi connectivity index (χ0n) is 6.00. The zero-order valence-corrected chi connectivity index (χ0v) is 7.51. The standard InChI is InChI=1S/C6H5Cl2N.CH2O2/c7-5-2-1-4(9)3-6(5)8;2-1-3/h1-3H,9H2;1H,(H,2,3). The average Bonchev–Trinajstić information content (AvgIpc) is 1.99. The molecule has 12 heavy (non-hydrogen) atoms. The lowest BCUT2D eigenvalue weighted by atomic mass is 10.3. The summed E-state index contributed by atoms with van der Waals surface area (Å²) in [6.45, 7) is -0.250. The number of nitrogen functional groups attached to an aromatic ring is 1. The number of benzene rings is 1. The van der Waals surface area contributed by atoms with Crippen LogP contribution in [-0.4, -0.2) is 11.6 Å². The minimum atomic E-state index is -0.250. The van der Waals surface area contributed by atoms with Gasteiger partial charge in [-0.05, 0) is 18.2 Å². The number of hydrogen-bond acceptors (Lipinski definition) is 2.